The maximum Gasteiger partial charge on any atom is 0.351 e. The van der Waals surface area contributed by atoms with E-state index in [1.807, 2.05) is 0 Å². The van der Waals surface area contributed by atoms with Crippen LogP contribution in [0, 0.1) is 0 Å². The Morgan fingerprint density at radius 2 is 2.00 bits per heavy atom. The molecule has 4 nitrogen and oxygen atoms in total. The Kier molecular flexibility index (Phi) is 3.94. The first kappa shape index (κ1) is 10.5. The highest BCUT2D eigenvalue weighted by atomic mass is 35.5. The van der Waals surface area contributed by atoms with Crippen LogP contribution < -0.4 is 4.74 Å². The fraction of sp³-hybridized carbons (Fsp3) is 0.111. The zero-order valence-electron chi connectivity index (χ0n) is 7.10. The second-order valence-corrected chi connectivity index (χ2v) is 2.77. The number of carbonyl (C=O) groups is 2. The minimum absolute atomic E-state index is 0.0631. The molecule has 74 valence electrons. The molecule has 0 bridgehead atoms. The molecule has 0 saturated carbocycles. The summed E-state index contributed by atoms with van der Waals surface area (Å²) in [5, 5.41) is 0.577. The van der Waals surface area contributed by atoms with E-state index in [0.717, 1.165) is 0 Å². The van der Waals surface area contributed by atoms with E-state index >= 15 is 0 Å². The van der Waals surface area contributed by atoms with Crippen molar-refractivity contribution in [1.29, 1.82) is 0 Å². The van der Waals surface area contributed by atoms with E-state index in [2.05, 4.69) is 4.74 Å². The summed E-state index contributed by atoms with van der Waals surface area (Å²) < 4.78 is 9.00. The van der Waals surface area contributed by atoms with Gasteiger partial charge in [-0.1, -0.05) is 11.6 Å². The molecule has 0 atom stereocenters. The van der Waals surface area contributed by atoms with Crippen molar-refractivity contribution in [2.45, 2.75) is 0 Å². The highest BCUT2D eigenvalue weighted by Crippen LogP contribution is 2.15. The first-order chi connectivity index (χ1) is 6.72. The first-order valence-corrected chi connectivity index (χ1v) is 4.11. The zero-order chi connectivity index (χ0) is 10.4. The van der Waals surface area contributed by atoms with Gasteiger partial charge in [-0.25, -0.2) is 4.79 Å². The van der Waals surface area contributed by atoms with Gasteiger partial charge in [-0.15, -0.1) is 0 Å². The van der Waals surface area contributed by atoms with Crippen LogP contribution in [0.25, 0.3) is 0 Å². The number of hydrogen-bond acceptors (Lipinski definition) is 4. The quantitative estimate of drug-likeness (QED) is 0.432. The lowest BCUT2D eigenvalue weighted by molar-refractivity contribution is -0.153. The van der Waals surface area contributed by atoms with Gasteiger partial charge in [0, 0.05) is 5.02 Å². The van der Waals surface area contributed by atoms with Crippen LogP contribution in [0.2, 0.25) is 5.02 Å². The summed E-state index contributed by atoms with van der Waals surface area (Å²) in [6, 6.07) is 6.47. The molecular weight excluding hydrogens is 208 g/mol. The van der Waals surface area contributed by atoms with E-state index in [1.165, 1.54) is 0 Å². The standard InChI is InChI=1S/C9H7ClO4/c10-7-1-3-8(4-2-7)13-5-9(12)14-6-11/h1-4,6H,5H2. The van der Waals surface area contributed by atoms with E-state index < -0.39 is 5.97 Å². The first-order valence-electron chi connectivity index (χ1n) is 3.74. The van der Waals surface area contributed by atoms with E-state index in [4.69, 9.17) is 16.3 Å². The second kappa shape index (κ2) is 5.24. The van der Waals surface area contributed by atoms with Gasteiger partial charge in [0.1, 0.15) is 5.75 Å². The minimum atomic E-state index is -0.741. The van der Waals surface area contributed by atoms with Crippen molar-refractivity contribution < 1.29 is 19.1 Å². The van der Waals surface area contributed by atoms with Gasteiger partial charge in [0.25, 0.3) is 0 Å². The summed E-state index contributed by atoms with van der Waals surface area (Å²) in [7, 11) is 0. The van der Waals surface area contributed by atoms with Gasteiger partial charge in [-0.2, -0.15) is 0 Å². The minimum Gasteiger partial charge on any atom is -0.482 e. The summed E-state index contributed by atoms with van der Waals surface area (Å²) in [6.45, 7) is -0.242. The van der Waals surface area contributed by atoms with Crippen LogP contribution in [0.5, 0.6) is 5.75 Å². The smallest absolute Gasteiger partial charge is 0.351 e. The van der Waals surface area contributed by atoms with Crippen molar-refractivity contribution in [3.05, 3.63) is 29.3 Å². The molecule has 0 spiro atoms. The average Bonchev–Trinajstić information content (AvgIpc) is 2.17. The van der Waals surface area contributed by atoms with Gasteiger partial charge in [-0.3, -0.25) is 4.79 Å². The molecule has 5 heteroatoms. The van der Waals surface area contributed by atoms with E-state index in [9.17, 15) is 9.59 Å². The summed E-state index contributed by atoms with van der Waals surface area (Å²) in [5.74, 6) is -0.257. The third kappa shape index (κ3) is 3.45. The summed E-state index contributed by atoms with van der Waals surface area (Å²) in [6.07, 6.45) is 0. The van der Waals surface area contributed by atoms with Crippen molar-refractivity contribution in [1.82, 2.24) is 0 Å². The van der Waals surface area contributed by atoms with Gasteiger partial charge in [0.2, 0.25) is 0 Å². The van der Waals surface area contributed by atoms with Crippen LogP contribution in [-0.2, 0) is 14.3 Å². The summed E-state index contributed by atoms with van der Waals surface area (Å²) in [5.41, 5.74) is 0. The van der Waals surface area contributed by atoms with Gasteiger partial charge < -0.3 is 9.47 Å². The van der Waals surface area contributed by atoms with Crippen LogP contribution in [0.4, 0.5) is 0 Å². The van der Waals surface area contributed by atoms with Crippen LogP contribution in [0.3, 0.4) is 0 Å². The molecule has 0 aromatic heterocycles. The SMILES string of the molecule is O=COC(=O)COc1ccc(Cl)cc1. The molecular formula is C9H7ClO4. The Bertz CT molecular complexity index is 320. The molecule has 0 saturated heterocycles. The lowest BCUT2D eigenvalue weighted by Gasteiger charge is -2.03. The normalized spacial score (nSPS) is 9.21. The molecule has 1 rings (SSSR count). The monoisotopic (exact) mass is 214 g/mol. The largest absolute Gasteiger partial charge is 0.482 e. The lowest BCUT2D eigenvalue weighted by Crippen LogP contribution is -2.13. The molecule has 1 aromatic rings. The summed E-state index contributed by atoms with van der Waals surface area (Å²) in [4.78, 5) is 20.4. The molecule has 1 aromatic carbocycles. The average molecular weight is 215 g/mol. The van der Waals surface area contributed by atoms with E-state index in [0.29, 0.717) is 10.8 Å². The molecule has 0 heterocycles. The Balaban J connectivity index is 2.41. The van der Waals surface area contributed by atoms with Crippen LogP contribution in [0.1, 0.15) is 0 Å². The zero-order valence-corrected chi connectivity index (χ0v) is 7.86. The van der Waals surface area contributed by atoms with Gasteiger partial charge in [-0.05, 0) is 24.3 Å². The highest BCUT2D eigenvalue weighted by molar-refractivity contribution is 6.30. The third-order valence-electron chi connectivity index (χ3n) is 1.35. The number of rotatable bonds is 4. The Labute approximate surface area is 85.4 Å². The van der Waals surface area contributed by atoms with Crippen molar-refractivity contribution >= 4 is 24.0 Å². The number of benzene rings is 1. The Morgan fingerprint density at radius 3 is 2.57 bits per heavy atom. The van der Waals surface area contributed by atoms with Gasteiger partial charge in [0.15, 0.2) is 6.61 Å². The molecule has 0 unspecified atom stereocenters. The Hall–Kier alpha value is -1.55. The number of hydrogen-bond donors (Lipinski definition) is 0. The highest BCUT2D eigenvalue weighted by Gasteiger charge is 2.02. The van der Waals surface area contributed by atoms with Gasteiger partial charge in [0.05, 0.1) is 0 Å². The molecule has 0 amide bonds. The topological polar surface area (TPSA) is 52.6 Å². The van der Waals surface area contributed by atoms with E-state index in [1.54, 1.807) is 24.3 Å². The van der Waals surface area contributed by atoms with Crippen molar-refractivity contribution in [3.8, 4) is 5.75 Å². The van der Waals surface area contributed by atoms with Crippen molar-refractivity contribution in [2.75, 3.05) is 6.61 Å². The number of halogens is 1. The molecule has 0 radical (unpaired) electrons. The molecule has 0 N–H and O–H groups in total. The predicted molar refractivity (Wildman–Crippen MR) is 49.1 cm³/mol. The maximum absolute atomic E-state index is 10.7. The van der Waals surface area contributed by atoms with Crippen LogP contribution in [-0.4, -0.2) is 19.0 Å². The van der Waals surface area contributed by atoms with Crippen LogP contribution in [0.15, 0.2) is 24.3 Å². The van der Waals surface area contributed by atoms with E-state index in [-0.39, 0.29) is 13.1 Å². The molecule has 14 heavy (non-hydrogen) atoms. The fourth-order valence-corrected chi connectivity index (χ4v) is 0.887. The van der Waals surface area contributed by atoms with Gasteiger partial charge >= 0.3 is 12.4 Å². The fourth-order valence-electron chi connectivity index (χ4n) is 0.761. The number of carbonyl (C=O) groups excluding carboxylic acids is 2. The lowest BCUT2D eigenvalue weighted by atomic mass is 10.3. The number of ether oxygens (including phenoxy) is 2. The molecule has 0 aliphatic heterocycles. The molecule has 0 aliphatic carbocycles. The third-order valence-corrected chi connectivity index (χ3v) is 1.60. The predicted octanol–water partition coefficient (Wildman–Crippen LogP) is 1.42. The maximum atomic E-state index is 10.7. The Morgan fingerprint density at radius 1 is 1.36 bits per heavy atom. The van der Waals surface area contributed by atoms with Crippen LogP contribution >= 0.6 is 11.6 Å². The number of esters is 1. The van der Waals surface area contributed by atoms with Crippen molar-refractivity contribution in [3.63, 3.8) is 0 Å². The molecule has 0 aliphatic rings. The van der Waals surface area contributed by atoms with Crippen molar-refractivity contribution in [2.24, 2.45) is 0 Å². The molecule has 0 fully saturated rings. The second-order valence-electron chi connectivity index (χ2n) is 2.33. The summed E-state index contributed by atoms with van der Waals surface area (Å²) >= 11 is 5.63.